The summed E-state index contributed by atoms with van der Waals surface area (Å²) in [5.41, 5.74) is 1.24. The molecule has 1 aromatic carbocycles. The molecule has 1 aromatic rings. The number of hydrogen-bond acceptors (Lipinski definition) is 1. The number of hydrogen-bond donors (Lipinski definition) is 0. The minimum atomic E-state index is 0.866. The van der Waals surface area contributed by atoms with Crippen molar-refractivity contribution in [2.24, 2.45) is 0 Å². The predicted molar refractivity (Wildman–Crippen MR) is 74.0 cm³/mol. The number of rotatable bonds is 6. The molecule has 0 bridgehead atoms. The van der Waals surface area contributed by atoms with Crippen LogP contribution >= 0.6 is 0 Å². The molecule has 0 aromatic heterocycles. The van der Waals surface area contributed by atoms with E-state index in [2.05, 4.69) is 19.6 Å². The standard InChI is InChI=1S/C16H20O/c1-4-9-15(5-2)13-12-14(3)17-16-10-7-6-8-11-16/h5-8,10-13H,2,4,9H2,1,3H3/b14-12+,15-13+. The van der Waals surface area contributed by atoms with Crippen LogP contribution in [-0.4, -0.2) is 0 Å². The highest BCUT2D eigenvalue weighted by Gasteiger charge is 1.93. The summed E-state index contributed by atoms with van der Waals surface area (Å²) in [7, 11) is 0. The van der Waals surface area contributed by atoms with E-state index < -0.39 is 0 Å². The molecule has 0 aliphatic heterocycles. The highest BCUT2D eigenvalue weighted by Crippen LogP contribution is 2.13. The second-order valence-corrected chi connectivity index (χ2v) is 3.89. The highest BCUT2D eigenvalue weighted by atomic mass is 16.5. The Morgan fingerprint density at radius 3 is 2.53 bits per heavy atom. The summed E-state index contributed by atoms with van der Waals surface area (Å²) in [4.78, 5) is 0. The van der Waals surface area contributed by atoms with Crippen molar-refractivity contribution in [3.05, 3.63) is 66.5 Å². The van der Waals surface area contributed by atoms with E-state index in [1.807, 2.05) is 49.4 Å². The van der Waals surface area contributed by atoms with Crippen LogP contribution < -0.4 is 4.74 Å². The minimum Gasteiger partial charge on any atom is -0.462 e. The third kappa shape index (κ3) is 5.21. The van der Waals surface area contributed by atoms with Gasteiger partial charge in [0.15, 0.2) is 0 Å². The molecule has 90 valence electrons. The third-order valence-electron chi connectivity index (χ3n) is 2.36. The van der Waals surface area contributed by atoms with Crippen LogP contribution in [0.2, 0.25) is 0 Å². The molecular formula is C16H20O. The van der Waals surface area contributed by atoms with Gasteiger partial charge >= 0.3 is 0 Å². The second kappa shape index (κ2) is 7.50. The van der Waals surface area contributed by atoms with Gasteiger partial charge in [0, 0.05) is 0 Å². The Labute approximate surface area is 104 Å². The molecule has 1 heteroatoms. The van der Waals surface area contributed by atoms with Gasteiger partial charge in [0.2, 0.25) is 0 Å². The molecule has 0 radical (unpaired) electrons. The van der Waals surface area contributed by atoms with Crippen LogP contribution in [-0.2, 0) is 0 Å². The first-order valence-corrected chi connectivity index (χ1v) is 5.99. The van der Waals surface area contributed by atoms with Crippen molar-refractivity contribution in [3.63, 3.8) is 0 Å². The van der Waals surface area contributed by atoms with Crippen LogP contribution in [0.3, 0.4) is 0 Å². The van der Waals surface area contributed by atoms with Crippen molar-refractivity contribution < 1.29 is 4.74 Å². The van der Waals surface area contributed by atoms with Crippen LogP contribution in [0, 0.1) is 0 Å². The molecule has 1 rings (SSSR count). The van der Waals surface area contributed by atoms with Crippen molar-refractivity contribution in [2.45, 2.75) is 26.7 Å². The number of benzene rings is 1. The summed E-state index contributed by atoms with van der Waals surface area (Å²) in [5.74, 6) is 1.75. The molecule has 1 nitrogen and oxygen atoms in total. The fourth-order valence-corrected chi connectivity index (χ4v) is 1.47. The largest absolute Gasteiger partial charge is 0.462 e. The zero-order chi connectivity index (χ0) is 12.5. The number of allylic oxidation sites excluding steroid dienone is 5. The van der Waals surface area contributed by atoms with Crippen LogP contribution in [0.15, 0.2) is 66.5 Å². The Balaban J connectivity index is 2.63. The van der Waals surface area contributed by atoms with Crippen molar-refractivity contribution in [2.75, 3.05) is 0 Å². The highest BCUT2D eigenvalue weighted by molar-refractivity contribution is 5.26. The van der Waals surface area contributed by atoms with E-state index in [1.54, 1.807) is 0 Å². The smallest absolute Gasteiger partial charge is 0.126 e. The predicted octanol–water partition coefficient (Wildman–Crippen LogP) is 4.88. The fraction of sp³-hybridized carbons (Fsp3) is 0.250. The molecule has 0 aliphatic carbocycles. The lowest BCUT2D eigenvalue weighted by Crippen LogP contribution is -1.89. The molecule has 0 fully saturated rings. The molecule has 0 atom stereocenters. The third-order valence-corrected chi connectivity index (χ3v) is 2.36. The van der Waals surface area contributed by atoms with E-state index in [-0.39, 0.29) is 0 Å². The molecule has 0 saturated heterocycles. The van der Waals surface area contributed by atoms with Crippen LogP contribution in [0.25, 0.3) is 0 Å². The maximum Gasteiger partial charge on any atom is 0.126 e. The second-order valence-electron chi connectivity index (χ2n) is 3.89. The monoisotopic (exact) mass is 228 g/mol. The SMILES string of the molecule is C=C/C(=C\C=C(/C)Oc1ccccc1)CCC. The van der Waals surface area contributed by atoms with Gasteiger partial charge in [-0.15, -0.1) is 0 Å². The first-order valence-electron chi connectivity index (χ1n) is 5.99. The van der Waals surface area contributed by atoms with Gasteiger partial charge in [-0.3, -0.25) is 0 Å². The Kier molecular flexibility index (Phi) is 5.87. The van der Waals surface area contributed by atoms with Crippen molar-refractivity contribution in [3.8, 4) is 5.75 Å². The fourth-order valence-electron chi connectivity index (χ4n) is 1.47. The van der Waals surface area contributed by atoms with Gasteiger partial charge in [-0.2, -0.15) is 0 Å². The summed E-state index contributed by atoms with van der Waals surface area (Å²) < 4.78 is 5.67. The molecule has 17 heavy (non-hydrogen) atoms. The Morgan fingerprint density at radius 1 is 1.24 bits per heavy atom. The number of ether oxygens (including phenoxy) is 1. The van der Waals surface area contributed by atoms with E-state index in [9.17, 15) is 0 Å². The summed E-state index contributed by atoms with van der Waals surface area (Å²) in [6, 6.07) is 9.79. The first kappa shape index (κ1) is 13.3. The summed E-state index contributed by atoms with van der Waals surface area (Å²) in [5, 5.41) is 0. The van der Waals surface area contributed by atoms with E-state index in [4.69, 9.17) is 4.74 Å². The van der Waals surface area contributed by atoms with Gasteiger partial charge in [0.05, 0.1) is 0 Å². The van der Waals surface area contributed by atoms with Gasteiger partial charge in [0.1, 0.15) is 11.5 Å². The lowest BCUT2D eigenvalue weighted by Gasteiger charge is -2.04. The van der Waals surface area contributed by atoms with Crippen molar-refractivity contribution in [1.29, 1.82) is 0 Å². The van der Waals surface area contributed by atoms with Gasteiger partial charge in [-0.05, 0) is 37.1 Å². The zero-order valence-corrected chi connectivity index (χ0v) is 10.6. The summed E-state index contributed by atoms with van der Waals surface area (Å²) in [6.07, 6.45) is 8.13. The molecule has 0 amide bonds. The average Bonchev–Trinajstić information content (AvgIpc) is 2.35. The lowest BCUT2D eigenvalue weighted by molar-refractivity contribution is 0.428. The molecule has 0 saturated carbocycles. The minimum absolute atomic E-state index is 0.866. The Hall–Kier alpha value is -1.76. The van der Waals surface area contributed by atoms with Gasteiger partial charge < -0.3 is 4.74 Å². The van der Waals surface area contributed by atoms with E-state index in [0.717, 1.165) is 24.4 Å². The van der Waals surface area contributed by atoms with Crippen molar-refractivity contribution >= 4 is 0 Å². The number of para-hydroxylation sites is 1. The summed E-state index contributed by atoms with van der Waals surface area (Å²) in [6.45, 7) is 7.92. The topological polar surface area (TPSA) is 9.23 Å². The molecule has 0 N–H and O–H groups in total. The van der Waals surface area contributed by atoms with Gasteiger partial charge in [-0.1, -0.05) is 50.3 Å². The summed E-state index contributed by atoms with van der Waals surface area (Å²) >= 11 is 0. The molecular weight excluding hydrogens is 208 g/mol. The molecule has 0 aliphatic rings. The zero-order valence-electron chi connectivity index (χ0n) is 10.6. The van der Waals surface area contributed by atoms with Crippen molar-refractivity contribution in [1.82, 2.24) is 0 Å². The van der Waals surface area contributed by atoms with E-state index in [1.165, 1.54) is 5.57 Å². The first-order chi connectivity index (χ1) is 8.26. The normalized spacial score (nSPS) is 12.4. The van der Waals surface area contributed by atoms with Crippen LogP contribution in [0.5, 0.6) is 5.75 Å². The molecule has 0 spiro atoms. The van der Waals surface area contributed by atoms with Crippen LogP contribution in [0.1, 0.15) is 26.7 Å². The van der Waals surface area contributed by atoms with Gasteiger partial charge in [-0.25, -0.2) is 0 Å². The maximum atomic E-state index is 5.67. The van der Waals surface area contributed by atoms with E-state index in [0.29, 0.717) is 0 Å². The van der Waals surface area contributed by atoms with Gasteiger partial charge in [0.25, 0.3) is 0 Å². The average molecular weight is 228 g/mol. The molecule has 0 heterocycles. The molecule has 0 unspecified atom stereocenters. The maximum absolute atomic E-state index is 5.67. The quantitative estimate of drug-likeness (QED) is 0.498. The van der Waals surface area contributed by atoms with E-state index >= 15 is 0 Å². The lowest BCUT2D eigenvalue weighted by atomic mass is 10.1. The Morgan fingerprint density at radius 2 is 1.94 bits per heavy atom. The Bertz CT molecular complexity index is 399. The van der Waals surface area contributed by atoms with Crippen LogP contribution in [0.4, 0.5) is 0 Å².